The molecule has 0 aromatic heterocycles. The molecule has 3 rings (SSSR count). The van der Waals surface area contributed by atoms with Crippen molar-refractivity contribution in [3.8, 4) is 11.5 Å². The number of benzene rings is 3. The highest BCUT2D eigenvalue weighted by atomic mass is 16.7. The molecule has 0 spiro atoms. The zero-order valence-corrected chi connectivity index (χ0v) is 16.8. The Kier molecular flexibility index (Phi) is 7.26. The summed E-state index contributed by atoms with van der Waals surface area (Å²) in [5, 5.41) is 9.30. The van der Waals surface area contributed by atoms with Crippen LogP contribution in [0.4, 0.5) is 0 Å². The number of aromatic hydroxyl groups is 1. The quantitative estimate of drug-likeness (QED) is 0.353. The van der Waals surface area contributed by atoms with E-state index in [1.807, 2.05) is 79.8 Å². The van der Waals surface area contributed by atoms with Crippen molar-refractivity contribution in [2.45, 2.75) is 20.1 Å². The van der Waals surface area contributed by atoms with Gasteiger partial charge in [-0.1, -0.05) is 78.4 Å². The Morgan fingerprint density at radius 1 is 0.793 bits per heavy atom. The van der Waals surface area contributed by atoms with Crippen molar-refractivity contribution in [1.82, 2.24) is 0 Å². The molecule has 148 valence electrons. The molecular formula is C26H26O3. The normalized spacial score (nSPS) is 12.5. The maximum atomic E-state index is 9.30. The van der Waals surface area contributed by atoms with E-state index in [0.717, 1.165) is 22.4 Å². The van der Waals surface area contributed by atoms with Crippen molar-refractivity contribution < 1.29 is 14.6 Å². The highest BCUT2D eigenvalue weighted by Crippen LogP contribution is 2.24. The van der Waals surface area contributed by atoms with Gasteiger partial charge in [0.2, 0.25) is 6.29 Å². The zero-order valence-electron chi connectivity index (χ0n) is 16.8. The third-order valence-electron chi connectivity index (χ3n) is 4.37. The average Bonchev–Trinajstić information content (AvgIpc) is 2.74. The van der Waals surface area contributed by atoms with E-state index in [-0.39, 0.29) is 5.75 Å². The number of hydrogen-bond donors (Lipinski definition) is 1. The maximum Gasteiger partial charge on any atom is 0.226 e. The van der Waals surface area contributed by atoms with Gasteiger partial charge in [-0.15, -0.1) is 0 Å². The van der Waals surface area contributed by atoms with Crippen molar-refractivity contribution >= 4 is 12.2 Å². The SMILES string of the molecule is CCOC(Oc1ccc(C=CC=Cc2ccc(O)cc2)cc1)c1ccc(C)cc1. The van der Waals surface area contributed by atoms with Crippen molar-refractivity contribution in [3.05, 3.63) is 107 Å². The number of rotatable bonds is 8. The van der Waals surface area contributed by atoms with Gasteiger partial charge in [-0.3, -0.25) is 0 Å². The molecule has 0 aliphatic rings. The molecule has 3 aromatic rings. The lowest BCUT2D eigenvalue weighted by molar-refractivity contribution is -0.0786. The molecule has 0 heterocycles. The van der Waals surface area contributed by atoms with Crippen LogP contribution in [0.5, 0.6) is 11.5 Å². The first-order chi connectivity index (χ1) is 14.1. The third kappa shape index (κ3) is 6.37. The van der Waals surface area contributed by atoms with Crippen LogP contribution in [-0.2, 0) is 4.74 Å². The van der Waals surface area contributed by atoms with E-state index in [2.05, 4.69) is 19.1 Å². The topological polar surface area (TPSA) is 38.7 Å². The number of phenols is 1. The van der Waals surface area contributed by atoms with Gasteiger partial charge in [0.25, 0.3) is 0 Å². The molecule has 0 bridgehead atoms. The van der Waals surface area contributed by atoms with Crippen LogP contribution in [0, 0.1) is 6.92 Å². The summed E-state index contributed by atoms with van der Waals surface area (Å²) in [4.78, 5) is 0. The predicted octanol–water partition coefficient (Wildman–Crippen LogP) is 6.54. The fourth-order valence-electron chi connectivity index (χ4n) is 2.77. The highest BCUT2D eigenvalue weighted by molar-refractivity contribution is 5.58. The van der Waals surface area contributed by atoms with Gasteiger partial charge in [0.1, 0.15) is 11.5 Å². The summed E-state index contributed by atoms with van der Waals surface area (Å²) in [6.45, 7) is 4.60. The molecule has 0 fully saturated rings. The molecule has 0 saturated heterocycles. The van der Waals surface area contributed by atoms with Crippen molar-refractivity contribution in [2.75, 3.05) is 6.61 Å². The van der Waals surface area contributed by atoms with Gasteiger partial charge in [-0.05, 0) is 49.2 Å². The first-order valence-electron chi connectivity index (χ1n) is 9.73. The van der Waals surface area contributed by atoms with Gasteiger partial charge < -0.3 is 14.6 Å². The summed E-state index contributed by atoms with van der Waals surface area (Å²) < 4.78 is 11.8. The summed E-state index contributed by atoms with van der Waals surface area (Å²) in [6.07, 6.45) is 7.55. The molecule has 0 aliphatic carbocycles. The second kappa shape index (κ2) is 10.3. The van der Waals surface area contributed by atoms with E-state index in [1.165, 1.54) is 5.56 Å². The number of phenolic OH excluding ortho intramolecular Hbond substituents is 1. The lowest BCUT2D eigenvalue weighted by Crippen LogP contribution is -2.11. The first kappa shape index (κ1) is 20.4. The van der Waals surface area contributed by atoms with Crippen LogP contribution in [0.2, 0.25) is 0 Å². The summed E-state index contributed by atoms with van der Waals surface area (Å²) in [7, 11) is 0. The van der Waals surface area contributed by atoms with Gasteiger partial charge in [0.05, 0.1) is 0 Å². The van der Waals surface area contributed by atoms with Gasteiger partial charge in [-0.2, -0.15) is 0 Å². The highest BCUT2D eigenvalue weighted by Gasteiger charge is 2.13. The summed E-state index contributed by atoms with van der Waals surface area (Å²) in [5.41, 5.74) is 4.32. The standard InChI is InChI=1S/C26H26O3/c1-3-28-26(23-14-8-20(2)9-15-23)29-25-18-12-22(13-19-25)7-5-4-6-21-10-16-24(27)17-11-21/h4-19,26-27H,3H2,1-2H3. The van der Waals surface area contributed by atoms with E-state index < -0.39 is 6.29 Å². The van der Waals surface area contributed by atoms with Gasteiger partial charge in [-0.25, -0.2) is 0 Å². The summed E-state index contributed by atoms with van der Waals surface area (Å²) >= 11 is 0. The molecule has 1 atom stereocenters. The maximum absolute atomic E-state index is 9.30. The average molecular weight is 386 g/mol. The number of hydrogen-bond acceptors (Lipinski definition) is 3. The van der Waals surface area contributed by atoms with Crippen LogP contribution in [0.15, 0.2) is 84.9 Å². The second-order valence-electron chi connectivity index (χ2n) is 6.69. The molecule has 0 aliphatic heterocycles. The molecule has 0 saturated carbocycles. The van der Waals surface area contributed by atoms with Crippen LogP contribution in [0.3, 0.4) is 0 Å². The Hall–Kier alpha value is -3.30. The predicted molar refractivity (Wildman–Crippen MR) is 119 cm³/mol. The van der Waals surface area contributed by atoms with Crippen LogP contribution < -0.4 is 4.74 Å². The van der Waals surface area contributed by atoms with Gasteiger partial charge in [0.15, 0.2) is 0 Å². The smallest absolute Gasteiger partial charge is 0.226 e. The molecule has 29 heavy (non-hydrogen) atoms. The fraction of sp³-hybridized carbons (Fsp3) is 0.154. The third-order valence-corrected chi connectivity index (χ3v) is 4.37. The molecule has 3 nitrogen and oxygen atoms in total. The fourth-order valence-corrected chi connectivity index (χ4v) is 2.77. The zero-order chi connectivity index (χ0) is 20.5. The van der Waals surface area contributed by atoms with Crippen molar-refractivity contribution in [2.24, 2.45) is 0 Å². The van der Waals surface area contributed by atoms with Crippen LogP contribution >= 0.6 is 0 Å². The van der Waals surface area contributed by atoms with Crippen LogP contribution in [0.25, 0.3) is 12.2 Å². The second-order valence-corrected chi connectivity index (χ2v) is 6.69. The Morgan fingerprint density at radius 2 is 1.34 bits per heavy atom. The lowest BCUT2D eigenvalue weighted by Gasteiger charge is -2.19. The number of ether oxygens (including phenoxy) is 2. The Morgan fingerprint density at radius 3 is 1.90 bits per heavy atom. The first-order valence-corrected chi connectivity index (χ1v) is 9.73. The molecule has 0 amide bonds. The Balaban J connectivity index is 1.61. The Labute approximate surface area is 172 Å². The van der Waals surface area contributed by atoms with Crippen LogP contribution in [-0.4, -0.2) is 11.7 Å². The van der Waals surface area contributed by atoms with Crippen molar-refractivity contribution in [3.63, 3.8) is 0 Å². The molecule has 0 radical (unpaired) electrons. The van der Waals surface area contributed by atoms with Gasteiger partial charge in [0, 0.05) is 12.2 Å². The lowest BCUT2D eigenvalue weighted by atomic mass is 10.1. The largest absolute Gasteiger partial charge is 0.508 e. The monoisotopic (exact) mass is 386 g/mol. The number of aryl methyl sites for hydroxylation is 1. The molecular weight excluding hydrogens is 360 g/mol. The van der Waals surface area contributed by atoms with E-state index in [0.29, 0.717) is 6.61 Å². The van der Waals surface area contributed by atoms with Gasteiger partial charge >= 0.3 is 0 Å². The van der Waals surface area contributed by atoms with E-state index in [1.54, 1.807) is 12.1 Å². The Bertz CT molecular complexity index is 937. The minimum atomic E-state index is -0.421. The molecule has 1 unspecified atom stereocenters. The minimum Gasteiger partial charge on any atom is -0.508 e. The van der Waals surface area contributed by atoms with Crippen LogP contribution in [0.1, 0.15) is 35.5 Å². The van der Waals surface area contributed by atoms with E-state index >= 15 is 0 Å². The van der Waals surface area contributed by atoms with Crippen molar-refractivity contribution in [1.29, 1.82) is 0 Å². The summed E-state index contributed by atoms with van der Waals surface area (Å²) in [5.74, 6) is 1.04. The van der Waals surface area contributed by atoms with E-state index in [9.17, 15) is 5.11 Å². The number of allylic oxidation sites excluding steroid dienone is 2. The molecule has 3 heteroatoms. The minimum absolute atomic E-state index is 0.272. The molecule has 1 N–H and O–H groups in total. The summed E-state index contributed by atoms with van der Waals surface area (Å²) in [6, 6.07) is 23.2. The van der Waals surface area contributed by atoms with E-state index in [4.69, 9.17) is 9.47 Å². The molecule has 3 aromatic carbocycles.